The Hall–Kier alpha value is -1.24. The molecule has 0 saturated carbocycles. The molecule has 1 atom stereocenters. The highest BCUT2D eigenvalue weighted by molar-refractivity contribution is 5.73. The lowest BCUT2D eigenvalue weighted by Crippen LogP contribution is -2.35. The predicted octanol–water partition coefficient (Wildman–Crippen LogP) is 0.0751. The van der Waals surface area contributed by atoms with Gasteiger partial charge in [-0.3, -0.25) is 0 Å². The molecule has 0 rings (SSSR count). The van der Waals surface area contributed by atoms with Crippen LogP contribution in [-0.4, -0.2) is 19.6 Å². The molecular weight excluding hydrogens is 130 g/mol. The second kappa shape index (κ2) is 4.62. The molecule has 0 heterocycles. The molecule has 4 nitrogen and oxygen atoms in total. The molecule has 2 amide bonds. The molecule has 0 fully saturated rings. The maximum absolute atomic E-state index is 10.5. The predicted molar refractivity (Wildman–Crippen MR) is 37.2 cm³/mol. The quantitative estimate of drug-likeness (QED) is 0.571. The van der Waals surface area contributed by atoms with Crippen LogP contribution in [-0.2, 0) is 0 Å². The number of nitrogens with one attached hydrogen (secondary N) is 2. The van der Waals surface area contributed by atoms with Crippen molar-refractivity contribution in [2.75, 3.05) is 13.6 Å². The maximum Gasteiger partial charge on any atom is 0.314 e. The summed E-state index contributed by atoms with van der Waals surface area (Å²) in [6, 6.07) is 1.75. The van der Waals surface area contributed by atoms with E-state index in [0.29, 0.717) is 6.54 Å². The summed E-state index contributed by atoms with van der Waals surface area (Å²) < 4.78 is 0. The van der Waals surface area contributed by atoms with Gasteiger partial charge in [-0.15, -0.1) is 0 Å². The Morgan fingerprint density at radius 3 is 2.80 bits per heavy atom. The van der Waals surface area contributed by atoms with Gasteiger partial charge in [0.25, 0.3) is 0 Å². The van der Waals surface area contributed by atoms with E-state index >= 15 is 0 Å². The number of hydrogen-bond acceptors (Lipinski definition) is 2. The first-order valence-electron chi connectivity index (χ1n) is 3.06. The number of carbonyl (C=O) groups is 1. The molecule has 0 aliphatic rings. The second-order valence-electron chi connectivity index (χ2n) is 1.99. The monoisotopic (exact) mass is 141 g/mol. The minimum atomic E-state index is -0.248. The first kappa shape index (κ1) is 8.76. The minimum absolute atomic E-state index is 0.128. The van der Waals surface area contributed by atoms with E-state index in [0.717, 1.165) is 0 Å². The van der Waals surface area contributed by atoms with Crippen molar-refractivity contribution >= 4 is 6.03 Å². The maximum atomic E-state index is 10.5. The zero-order valence-electron chi connectivity index (χ0n) is 6.14. The van der Waals surface area contributed by atoms with Crippen LogP contribution in [0.2, 0.25) is 0 Å². The number of carbonyl (C=O) groups excluding carboxylic acids is 1. The average Bonchev–Trinajstić information content (AvgIpc) is 1.99. The molecule has 2 N–H and O–H groups in total. The normalized spacial score (nSPS) is 11.3. The third-order valence-electron chi connectivity index (χ3n) is 1.02. The van der Waals surface area contributed by atoms with Crippen LogP contribution < -0.4 is 10.6 Å². The zero-order chi connectivity index (χ0) is 7.98. The number of urea groups is 1. The third-order valence-corrected chi connectivity index (χ3v) is 1.02. The van der Waals surface area contributed by atoms with Crippen LogP contribution in [0.3, 0.4) is 0 Å². The van der Waals surface area contributed by atoms with Gasteiger partial charge in [0.05, 0.1) is 12.0 Å². The number of hydrogen-bond donors (Lipinski definition) is 2. The van der Waals surface area contributed by atoms with E-state index in [1.807, 2.05) is 6.07 Å². The Kier molecular flexibility index (Phi) is 4.05. The van der Waals surface area contributed by atoms with E-state index < -0.39 is 0 Å². The van der Waals surface area contributed by atoms with Crippen LogP contribution in [0.15, 0.2) is 0 Å². The van der Waals surface area contributed by atoms with Crippen molar-refractivity contribution in [3.63, 3.8) is 0 Å². The van der Waals surface area contributed by atoms with Crippen molar-refractivity contribution < 1.29 is 4.79 Å². The number of nitriles is 1. The Balaban J connectivity index is 3.37. The molecule has 1 unspecified atom stereocenters. The molecule has 0 saturated heterocycles. The van der Waals surface area contributed by atoms with Crippen molar-refractivity contribution in [2.24, 2.45) is 5.92 Å². The first-order chi connectivity index (χ1) is 4.70. The fraction of sp³-hybridized carbons (Fsp3) is 0.667. The molecular formula is C6H11N3O. The Labute approximate surface area is 60.2 Å². The lowest BCUT2D eigenvalue weighted by atomic mass is 10.2. The van der Waals surface area contributed by atoms with E-state index in [1.54, 1.807) is 6.92 Å². The van der Waals surface area contributed by atoms with Crippen molar-refractivity contribution in [3.05, 3.63) is 0 Å². The van der Waals surface area contributed by atoms with Gasteiger partial charge in [0.1, 0.15) is 0 Å². The summed E-state index contributed by atoms with van der Waals surface area (Å²) in [5, 5.41) is 13.2. The molecule has 0 aromatic carbocycles. The average molecular weight is 141 g/mol. The Bertz CT molecular complexity index is 150. The summed E-state index contributed by atoms with van der Waals surface area (Å²) in [4.78, 5) is 10.5. The summed E-state index contributed by atoms with van der Waals surface area (Å²) in [6.45, 7) is 2.14. The van der Waals surface area contributed by atoms with Crippen LogP contribution >= 0.6 is 0 Å². The molecule has 0 aliphatic carbocycles. The van der Waals surface area contributed by atoms with Gasteiger partial charge in [-0.1, -0.05) is 0 Å². The highest BCUT2D eigenvalue weighted by Crippen LogP contribution is 1.86. The van der Waals surface area contributed by atoms with Gasteiger partial charge in [-0.2, -0.15) is 5.26 Å². The Morgan fingerprint density at radius 1 is 1.80 bits per heavy atom. The van der Waals surface area contributed by atoms with E-state index in [-0.39, 0.29) is 11.9 Å². The minimum Gasteiger partial charge on any atom is -0.341 e. The summed E-state index contributed by atoms with van der Waals surface area (Å²) in [5.41, 5.74) is 0. The Morgan fingerprint density at radius 2 is 2.40 bits per heavy atom. The highest BCUT2D eigenvalue weighted by atomic mass is 16.2. The van der Waals surface area contributed by atoms with Gasteiger partial charge in [-0.05, 0) is 6.92 Å². The lowest BCUT2D eigenvalue weighted by Gasteiger charge is -2.03. The zero-order valence-corrected chi connectivity index (χ0v) is 6.14. The fourth-order valence-corrected chi connectivity index (χ4v) is 0.380. The van der Waals surface area contributed by atoms with E-state index in [1.165, 1.54) is 7.05 Å². The first-order valence-corrected chi connectivity index (χ1v) is 3.06. The smallest absolute Gasteiger partial charge is 0.314 e. The standard InChI is InChI=1S/C6H11N3O/c1-5(3-7)4-9-6(10)8-2/h5H,4H2,1-2H3,(H2,8,9,10). The molecule has 0 aromatic rings. The number of rotatable bonds is 2. The molecule has 4 heteroatoms. The van der Waals surface area contributed by atoms with E-state index in [2.05, 4.69) is 10.6 Å². The van der Waals surface area contributed by atoms with Gasteiger partial charge in [0, 0.05) is 13.6 Å². The molecule has 0 spiro atoms. The molecule has 0 radical (unpaired) electrons. The summed E-state index contributed by atoms with van der Waals surface area (Å²) in [7, 11) is 1.53. The van der Waals surface area contributed by atoms with Crippen LogP contribution in [0.4, 0.5) is 4.79 Å². The molecule has 0 aliphatic heterocycles. The summed E-state index contributed by atoms with van der Waals surface area (Å²) in [5.74, 6) is -0.128. The fourth-order valence-electron chi connectivity index (χ4n) is 0.380. The van der Waals surface area contributed by atoms with Gasteiger partial charge in [0.2, 0.25) is 0 Å². The van der Waals surface area contributed by atoms with Gasteiger partial charge < -0.3 is 10.6 Å². The van der Waals surface area contributed by atoms with Crippen molar-refractivity contribution in [2.45, 2.75) is 6.92 Å². The molecule has 56 valence electrons. The topological polar surface area (TPSA) is 64.9 Å². The number of amides is 2. The van der Waals surface area contributed by atoms with Gasteiger partial charge in [0.15, 0.2) is 0 Å². The van der Waals surface area contributed by atoms with Gasteiger partial charge >= 0.3 is 6.03 Å². The molecule has 0 bridgehead atoms. The summed E-state index contributed by atoms with van der Waals surface area (Å²) in [6.07, 6.45) is 0. The van der Waals surface area contributed by atoms with E-state index in [9.17, 15) is 4.79 Å². The largest absolute Gasteiger partial charge is 0.341 e. The highest BCUT2D eigenvalue weighted by Gasteiger charge is 2.00. The van der Waals surface area contributed by atoms with E-state index in [4.69, 9.17) is 5.26 Å². The summed E-state index contributed by atoms with van der Waals surface area (Å²) >= 11 is 0. The second-order valence-corrected chi connectivity index (χ2v) is 1.99. The number of nitrogens with zero attached hydrogens (tertiary/aromatic N) is 1. The van der Waals surface area contributed by atoms with Crippen LogP contribution in [0, 0.1) is 17.2 Å². The van der Waals surface area contributed by atoms with Crippen molar-refractivity contribution in [1.82, 2.24) is 10.6 Å². The molecule has 0 aromatic heterocycles. The molecule has 10 heavy (non-hydrogen) atoms. The van der Waals surface area contributed by atoms with Gasteiger partial charge in [-0.25, -0.2) is 4.79 Å². The SMILES string of the molecule is CNC(=O)NCC(C)C#N. The van der Waals surface area contributed by atoms with Crippen molar-refractivity contribution in [1.29, 1.82) is 5.26 Å². The van der Waals surface area contributed by atoms with Crippen LogP contribution in [0.5, 0.6) is 0 Å². The van der Waals surface area contributed by atoms with Crippen LogP contribution in [0.25, 0.3) is 0 Å². The third kappa shape index (κ3) is 3.72. The van der Waals surface area contributed by atoms with Crippen LogP contribution in [0.1, 0.15) is 6.92 Å². The lowest BCUT2D eigenvalue weighted by molar-refractivity contribution is 0.242. The van der Waals surface area contributed by atoms with Crippen molar-refractivity contribution in [3.8, 4) is 6.07 Å².